The second kappa shape index (κ2) is 18.1. The van der Waals surface area contributed by atoms with Crippen molar-refractivity contribution >= 4 is 28.0 Å². The fourth-order valence-electron chi connectivity index (χ4n) is 7.68. The van der Waals surface area contributed by atoms with Gasteiger partial charge in [-0.05, 0) is 36.5 Å². The molecule has 0 aliphatic heterocycles. The van der Waals surface area contributed by atoms with Crippen LogP contribution in [0.15, 0.2) is 54.9 Å². The Labute approximate surface area is 345 Å². The maximum atomic E-state index is 15.4. The molecule has 0 N–H and O–H groups in total. The van der Waals surface area contributed by atoms with Crippen LogP contribution in [-0.4, -0.2) is 6.15 Å². The van der Waals surface area contributed by atoms with Gasteiger partial charge in [-0.1, -0.05) is 37.5 Å². The Morgan fingerprint density at radius 3 is 0.891 bits per heavy atom. The lowest BCUT2D eigenvalue weighted by atomic mass is 9.12. The first-order valence-electron chi connectivity index (χ1n) is 18.1. The van der Waals surface area contributed by atoms with Gasteiger partial charge in [0.2, 0.25) is 18.1 Å². The van der Waals surface area contributed by atoms with Gasteiger partial charge in [-0.15, -0.1) is 21.9 Å². The minimum absolute atomic E-state index is 0.757. The van der Waals surface area contributed by atoms with E-state index >= 15 is 35.1 Å². The fourth-order valence-corrected chi connectivity index (χ4v) is 7.68. The highest BCUT2D eigenvalue weighted by Gasteiger charge is 2.52. The van der Waals surface area contributed by atoms with Crippen LogP contribution in [0.1, 0.15) is 43.6 Å². The van der Waals surface area contributed by atoms with E-state index in [-0.39, 0.29) is 0 Å². The van der Waals surface area contributed by atoms with Crippen molar-refractivity contribution in [2.75, 3.05) is 0 Å². The quantitative estimate of drug-likeness (QED) is 0.0512. The van der Waals surface area contributed by atoms with E-state index in [2.05, 4.69) is 24.3 Å². The van der Waals surface area contributed by atoms with E-state index in [1.807, 2.05) is 30.6 Å². The zero-order valence-corrected chi connectivity index (χ0v) is 31.3. The van der Waals surface area contributed by atoms with Crippen LogP contribution in [0.3, 0.4) is 0 Å². The van der Waals surface area contributed by atoms with Crippen molar-refractivity contribution in [2.45, 2.75) is 38.0 Å². The van der Waals surface area contributed by atoms with E-state index < -0.39 is 144 Å². The molecule has 5 aromatic carbocycles. The average molecular weight is 933 g/mol. The van der Waals surface area contributed by atoms with Gasteiger partial charge in [0.1, 0.15) is 52.7 Å². The molecule has 0 atom stereocenters. The van der Waals surface area contributed by atoms with Crippen LogP contribution in [0.25, 0.3) is 0 Å². The molecule has 7 rings (SSSR count). The second-order valence-corrected chi connectivity index (χ2v) is 14.0. The van der Waals surface area contributed by atoms with Crippen LogP contribution in [0.4, 0.5) is 87.8 Å². The van der Waals surface area contributed by atoms with Crippen LogP contribution >= 0.6 is 0 Å². The van der Waals surface area contributed by atoms with Crippen LogP contribution in [0.5, 0.6) is 5.75 Å². The molecular weight excluding hydrogens is 913 g/mol. The molecule has 0 spiro atoms. The first kappa shape index (κ1) is 47.2. The molecule has 1 heterocycles. The first-order valence-corrected chi connectivity index (χ1v) is 18.1. The summed E-state index contributed by atoms with van der Waals surface area (Å²) in [6.07, 6.45) is 3.42. The van der Waals surface area contributed by atoms with Gasteiger partial charge in [-0.3, -0.25) is 0 Å². The third-order valence-electron chi connectivity index (χ3n) is 10.6. The monoisotopic (exact) mass is 933 g/mol. The van der Waals surface area contributed by atoms with E-state index in [9.17, 15) is 52.7 Å². The van der Waals surface area contributed by atoms with E-state index in [0.29, 0.717) is 0 Å². The largest absolute Gasteiger partial charge is 0.232 e. The highest BCUT2D eigenvalue weighted by Crippen LogP contribution is 2.34. The van der Waals surface area contributed by atoms with Gasteiger partial charge in [-0.2, -0.15) is 0 Å². The fraction of sp³-hybridized carbons (Fsp3) is 0.146. The molecule has 0 amide bonds. The van der Waals surface area contributed by atoms with Crippen molar-refractivity contribution in [3.63, 3.8) is 0 Å². The smallest absolute Gasteiger partial charge is 0.223 e. The Balaban J connectivity index is 0.000000295. The normalized spacial score (nSPS) is 13.2. The third-order valence-corrected chi connectivity index (χ3v) is 10.6. The number of nitrogens with zero attached hydrogens (tertiary/aromatic N) is 1. The summed E-state index contributed by atoms with van der Waals surface area (Å²) >= 11 is 0. The summed E-state index contributed by atoms with van der Waals surface area (Å²) in [7, 11) is 0. The molecule has 1 fully saturated rings. The summed E-state index contributed by atoms with van der Waals surface area (Å²) < 4.78 is 296. The molecule has 0 radical (unpaired) electrons. The van der Waals surface area contributed by atoms with E-state index in [1.165, 1.54) is 37.7 Å². The van der Waals surface area contributed by atoms with Gasteiger partial charge >= 0.3 is 0 Å². The number of pyridine rings is 1. The van der Waals surface area contributed by atoms with Gasteiger partial charge in [0.05, 0.1) is 0 Å². The number of benzene rings is 5. The topological polar surface area (TPSA) is 13.1 Å². The minimum atomic E-state index is -7.22. The molecule has 1 aliphatic carbocycles. The van der Waals surface area contributed by atoms with E-state index in [4.69, 9.17) is 4.84 Å². The lowest BCUT2D eigenvalue weighted by Crippen LogP contribution is -2.81. The van der Waals surface area contributed by atoms with Crippen LogP contribution < -0.4 is 31.4 Å². The van der Waals surface area contributed by atoms with Crippen molar-refractivity contribution in [2.24, 2.45) is 0 Å². The Kier molecular flexibility index (Phi) is 13.3. The molecule has 1 saturated carbocycles. The second-order valence-electron chi connectivity index (χ2n) is 14.0. The van der Waals surface area contributed by atoms with Crippen molar-refractivity contribution < 1.29 is 97.4 Å². The van der Waals surface area contributed by atoms with Crippen molar-refractivity contribution in [1.82, 2.24) is 0 Å². The summed E-state index contributed by atoms with van der Waals surface area (Å²) in [5, 5.41) is 0. The maximum Gasteiger partial charge on any atom is 0.223 e. The van der Waals surface area contributed by atoms with E-state index in [1.54, 1.807) is 4.73 Å². The number of hydrogen-bond donors (Lipinski definition) is 0. The Morgan fingerprint density at radius 2 is 0.609 bits per heavy atom. The highest BCUT2D eigenvalue weighted by molar-refractivity contribution is 7.20. The first-order chi connectivity index (χ1) is 30.1. The van der Waals surface area contributed by atoms with Crippen LogP contribution in [0.2, 0.25) is 0 Å². The molecular formula is C41H20BF20NO. The molecule has 2 nitrogen and oxygen atoms in total. The average Bonchev–Trinajstić information content (AvgIpc) is 3.30. The molecule has 6 aromatic rings. The Bertz CT molecular complexity index is 2400. The number of rotatable bonds is 7. The highest BCUT2D eigenvalue weighted by atomic mass is 19.2. The Hall–Kier alpha value is -6.29. The maximum absolute atomic E-state index is 15.4. The summed E-state index contributed by atoms with van der Waals surface area (Å²) in [6, 6.07) is 14.5. The molecule has 0 saturated heterocycles. The summed E-state index contributed by atoms with van der Waals surface area (Å²) in [4.78, 5) is 5.74. The molecule has 1 aromatic heterocycles. The van der Waals surface area contributed by atoms with Crippen molar-refractivity contribution in [3.8, 4) is 5.75 Å². The van der Waals surface area contributed by atoms with Gasteiger partial charge in [-0.25, -0.2) is 92.6 Å². The summed E-state index contributed by atoms with van der Waals surface area (Å²) in [5.74, 6) is -69.8. The minimum Gasteiger partial charge on any atom is -0.232 e. The van der Waals surface area contributed by atoms with Crippen LogP contribution in [-0.2, 0) is 0 Å². The number of aromatic nitrogens is 1. The lowest BCUT2D eigenvalue weighted by molar-refractivity contribution is -0.875. The number of halogens is 20. The molecule has 0 unspecified atom stereocenters. The lowest BCUT2D eigenvalue weighted by Gasteiger charge is -2.44. The van der Waals surface area contributed by atoms with Gasteiger partial charge in [0.25, 0.3) is 0 Å². The molecule has 1 aliphatic rings. The SMILES string of the molecule is Fc1c(F)c(F)c([B-](c2c(F)c(F)c(F)c(F)c2F)(c2c(F)c(F)c(F)c(F)c2F)c2c(F)c(F)c(F)c(F)c2F)c(F)c1F.c1cc[n+](Oc2ccc(C3CCCCC3)cc2)cc1. The Morgan fingerprint density at radius 1 is 0.344 bits per heavy atom. The predicted molar refractivity (Wildman–Crippen MR) is 184 cm³/mol. The zero-order valence-electron chi connectivity index (χ0n) is 31.3. The van der Waals surface area contributed by atoms with Crippen molar-refractivity contribution in [1.29, 1.82) is 0 Å². The van der Waals surface area contributed by atoms with E-state index in [0.717, 1.165) is 11.7 Å². The van der Waals surface area contributed by atoms with Crippen molar-refractivity contribution in [3.05, 3.63) is 177 Å². The summed E-state index contributed by atoms with van der Waals surface area (Å²) in [5.41, 5.74) is -12.9. The zero-order chi connectivity index (χ0) is 47.3. The standard InChI is InChI=1S/C24BF20.C17H20NO/c26-5-1(6(27)14(35)21(42)13(5)34)25(2-7(28)15(36)22(43)16(37)8(2)29,3-9(30)17(38)23(44)18(39)10(3)31)4-11(32)19(40)24(45)20(41)12(4)33;1-3-7-15(8-4-1)16-9-11-17(12-10-16)19-18-13-5-2-6-14-18/h;2,5-6,9-15H,1,3-4,7-8H2/q-1;+1. The summed E-state index contributed by atoms with van der Waals surface area (Å²) in [6.45, 7) is 0. The molecule has 23 heteroatoms. The van der Waals surface area contributed by atoms with Gasteiger partial charge in [0.15, 0.2) is 69.8 Å². The predicted octanol–water partition coefficient (Wildman–Crippen LogP) is 9.71. The molecule has 338 valence electrons. The molecule has 64 heavy (non-hydrogen) atoms. The number of hydrogen-bond acceptors (Lipinski definition) is 1. The third kappa shape index (κ3) is 7.64. The van der Waals surface area contributed by atoms with Gasteiger partial charge in [0, 0.05) is 16.9 Å². The van der Waals surface area contributed by atoms with Crippen LogP contribution in [0, 0.1) is 116 Å². The van der Waals surface area contributed by atoms with Gasteiger partial charge < -0.3 is 0 Å². The molecule has 0 bridgehead atoms.